The Labute approximate surface area is 196 Å². The van der Waals surface area contributed by atoms with Crippen LogP contribution in [0.4, 0.5) is 0 Å². The molecular weight excluding hydrogens is 438 g/mol. The summed E-state index contributed by atoms with van der Waals surface area (Å²) in [6, 6.07) is 17.5. The minimum absolute atomic E-state index is 0.0262. The number of hydrogen-bond donors (Lipinski definition) is 0. The van der Waals surface area contributed by atoms with Crippen molar-refractivity contribution in [1.29, 1.82) is 0 Å². The van der Waals surface area contributed by atoms with Crippen LogP contribution in [0.3, 0.4) is 0 Å². The zero-order chi connectivity index (χ0) is 22.8. The lowest BCUT2D eigenvalue weighted by Gasteiger charge is -2.42. The van der Waals surface area contributed by atoms with Crippen LogP contribution in [0.2, 0.25) is 0 Å². The van der Waals surface area contributed by atoms with Crippen molar-refractivity contribution in [2.45, 2.75) is 36.2 Å². The number of carbonyl (C=O) groups is 1. The van der Waals surface area contributed by atoms with Crippen molar-refractivity contribution in [3.63, 3.8) is 0 Å². The molecule has 2 aromatic rings. The Morgan fingerprint density at radius 3 is 2.27 bits per heavy atom. The molecular formula is C25H31N3O4S. The molecule has 1 aliphatic carbocycles. The number of benzene rings is 2. The lowest BCUT2D eigenvalue weighted by molar-refractivity contribution is 0.0437. The van der Waals surface area contributed by atoms with Gasteiger partial charge in [-0.25, -0.2) is 8.42 Å². The molecule has 0 bridgehead atoms. The summed E-state index contributed by atoms with van der Waals surface area (Å²) in [5.74, 6) is -0.0262. The number of piperazine rings is 1. The number of amides is 1. The quantitative estimate of drug-likeness (QED) is 0.649. The third-order valence-electron chi connectivity index (χ3n) is 6.86. The van der Waals surface area contributed by atoms with E-state index in [0.717, 1.165) is 19.5 Å². The molecule has 8 heteroatoms. The second-order valence-electron chi connectivity index (χ2n) is 9.11. The van der Waals surface area contributed by atoms with E-state index in [4.69, 9.17) is 4.74 Å². The molecule has 0 spiro atoms. The van der Waals surface area contributed by atoms with Crippen molar-refractivity contribution >= 4 is 15.9 Å². The van der Waals surface area contributed by atoms with Crippen LogP contribution in [-0.4, -0.2) is 86.5 Å². The van der Waals surface area contributed by atoms with Gasteiger partial charge in [-0.3, -0.25) is 9.69 Å². The van der Waals surface area contributed by atoms with E-state index in [1.54, 1.807) is 24.3 Å². The van der Waals surface area contributed by atoms with E-state index in [9.17, 15) is 13.2 Å². The summed E-state index contributed by atoms with van der Waals surface area (Å²) in [7, 11) is -3.57. The van der Waals surface area contributed by atoms with Gasteiger partial charge in [0.05, 0.1) is 18.1 Å². The fraction of sp³-hybridized carbons (Fsp3) is 0.480. The van der Waals surface area contributed by atoms with Gasteiger partial charge in [-0.15, -0.1) is 0 Å². The monoisotopic (exact) mass is 469 g/mol. The summed E-state index contributed by atoms with van der Waals surface area (Å²) in [5.41, 5.74) is 1.76. The molecule has 2 heterocycles. The van der Waals surface area contributed by atoms with Gasteiger partial charge in [-0.05, 0) is 49.1 Å². The maximum absolute atomic E-state index is 13.5. The first kappa shape index (κ1) is 22.5. The molecule has 0 N–H and O–H groups in total. The van der Waals surface area contributed by atoms with Crippen LogP contribution in [0.15, 0.2) is 59.5 Å². The van der Waals surface area contributed by atoms with Crippen molar-refractivity contribution in [3.8, 4) is 0 Å². The van der Waals surface area contributed by atoms with Crippen LogP contribution in [0, 0.1) is 0 Å². The fourth-order valence-electron chi connectivity index (χ4n) is 4.85. The van der Waals surface area contributed by atoms with Gasteiger partial charge in [-0.2, -0.15) is 4.31 Å². The van der Waals surface area contributed by atoms with Crippen molar-refractivity contribution in [2.75, 3.05) is 45.9 Å². The fourth-order valence-corrected chi connectivity index (χ4v) is 6.26. The van der Waals surface area contributed by atoms with E-state index in [2.05, 4.69) is 17.0 Å². The van der Waals surface area contributed by atoms with Gasteiger partial charge < -0.3 is 9.64 Å². The van der Waals surface area contributed by atoms with Gasteiger partial charge in [0.25, 0.3) is 5.91 Å². The zero-order valence-electron chi connectivity index (χ0n) is 18.8. The van der Waals surface area contributed by atoms with E-state index in [0.29, 0.717) is 44.5 Å². The Morgan fingerprint density at radius 1 is 0.909 bits per heavy atom. The first-order valence-corrected chi connectivity index (χ1v) is 13.2. The normalized spacial score (nSPS) is 22.9. The summed E-state index contributed by atoms with van der Waals surface area (Å²) in [6.07, 6.45) is 3.33. The predicted molar refractivity (Wildman–Crippen MR) is 126 cm³/mol. The number of carbonyl (C=O) groups excluding carboxylic acids is 1. The Balaban J connectivity index is 1.33. The molecule has 1 unspecified atom stereocenters. The van der Waals surface area contributed by atoms with Crippen LogP contribution in [0.5, 0.6) is 0 Å². The minimum atomic E-state index is -3.57. The van der Waals surface area contributed by atoms with E-state index in [1.807, 2.05) is 23.1 Å². The van der Waals surface area contributed by atoms with E-state index < -0.39 is 10.0 Å². The van der Waals surface area contributed by atoms with E-state index in [1.165, 1.54) is 22.7 Å². The number of hydrogen-bond acceptors (Lipinski definition) is 5. The molecule has 2 saturated heterocycles. The Hall–Kier alpha value is -2.26. The third-order valence-corrected chi connectivity index (χ3v) is 8.77. The maximum Gasteiger partial charge on any atom is 0.254 e. The summed E-state index contributed by atoms with van der Waals surface area (Å²) in [5, 5.41) is 0. The van der Waals surface area contributed by atoms with Crippen LogP contribution in [0.1, 0.15) is 28.8 Å². The highest BCUT2D eigenvalue weighted by Gasteiger charge is 2.37. The zero-order valence-corrected chi connectivity index (χ0v) is 19.6. The van der Waals surface area contributed by atoms with Crippen LogP contribution in [0.25, 0.3) is 0 Å². The Morgan fingerprint density at radius 2 is 1.61 bits per heavy atom. The lowest BCUT2D eigenvalue weighted by atomic mass is 10.0. The van der Waals surface area contributed by atoms with Crippen molar-refractivity contribution in [3.05, 3.63) is 65.7 Å². The lowest BCUT2D eigenvalue weighted by Crippen LogP contribution is -2.56. The van der Waals surface area contributed by atoms with Crippen molar-refractivity contribution in [2.24, 2.45) is 0 Å². The first-order chi connectivity index (χ1) is 16.0. The highest BCUT2D eigenvalue weighted by molar-refractivity contribution is 7.89. The minimum Gasteiger partial charge on any atom is -0.379 e. The maximum atomic E-state index is 13.5. The molecule has 33 heavy (non-hydrogen) atoms. The molecule has 5 rings (SSSR count). The summed E-state index contributed by atoms with van der Waals surface area (Å²) in [4.78, 5) is 18.2. The molecule has 176 valence electrons. The molecule has 1 amide bonds. The summed E-state index contributed by atoms with van der Waals surface area (Å²) in [6.45, 7) is 4.00. The van der Waals surface area contributed by atoms with Gasteiger partial charge >= 0.3 is 0 Å². The first-order valence-electron chi connectivity index (χ1n) is 11.8. The molecule has 7 nitrogen and oxygen atoms in total. The Kier molecular flexibility index (Phi) is 6.51. The van der Waals surface area contributed by atoms with Gasteiger partial charge in [0.2, 0.25) is 10.0 Å². The standard InChI is InChI=1S/C25H31N3O4S/c29-25(21-6-10-24(11-7-21)33(30,31)27-14-16-32-17-15-27)28-13-12-26(22-8-9-22)19-23(28)18-20-4-2-1-3-5-20/h1-7,10-11,22-23H,8-9,12-19H2. The van der Waals surface area contributed by atoms with Crippen LogP contribution < -0.4 is 0 Å². The number of rotatable bonds is 6. The summed E-state index contributed by atoms with van der Waals surface area (Å²) >= 11 is 0. The SMILES string of the molecule is O=C(c1ccc(S(=O)(=O)N2CCOCC2)cc1)N1CCN(C2CC2)CC1Cc1ccccc1. The van der Waals surface area contributed by atoms with Crippen molar-refractivity contribution in [1.82, 2.24) is 14.1 Å². The average molecular weight is 470 g/mol. The highest BCUT2D eigenvalue weighted by Crippen LogP contribution is 2.30. The average Bonchev–Trinajstić information content (AvgIpc) is 3.71. The predicted octanol–water partition coefficient (Wildman–Crippen LogP) is 2.24. The topological polar surface area (TPSA) is 70.2 Å². The van der Waals surface area contributed by atoms with Crippen LogP contribution >= 0.6 is 0 Å². The van der Waals surface area contributed by atoms with Crippen LogP contribution in [-0.2, 0) is 21.2 Å². The number of morpholine rings is 1. The number of sulfonamides is 1. The van der Waals surface area contributed by atoms with Gasteiger partial charge in [0, 0.05) is 50.4 Å². The number of ether oxygens (including phenoxy) is 1. The van der Waals surface area contributed by atoms with E-state index >= 15 is 0 Å². The van der Waals surface area contributed by atoms with Gasteiger partial charge in [0.15, 0.2) is 0 Å². The van der Waals surface area contributed by atoms with E-state index in [-0.39, 0.29) is 16.8 Å². The molecule has 0 aromatic heterocycles. The smallest absolute Gasteiger partial charge is 0.254 e. The molecule has 0 radical (unpaired) electrons. The van der Waals surface area contributed by atoms with Gasteiger partial charge in [-0.1, -0.05) is 30.3 Å². The Bertz CT molecular complexity index is 1060. The second-order valence-corrected chi connectivity index (χ2v) is 11.0. The third kappa shape index (κ3) is 4.99. The summed E-state index contributed by atoms with van der Waals surface area (Å²) < 4.78 is 32.5. The molecule has 1 saturated carbocycles. The highest BCUT2D eigenvalue weighted by atomic mass is 32.2. The van der Waals surface area contributed by atoms with Crippen molar-refractivity contribution < 1.29 is 17.9 Å². The largest absolute Gasteiger partial charge is 0.379 e. The molecule has 3 aliphatic rings. The molecule has 2 aliphatic heterocycles. The molecule has 2 aromatic carbocycles. The van der Waals surface area contributed by atoms with Gasteiger partial charge in [0.1, 0.15) is 0 Å². The second kappa shape index (κ2) is 9.54. The molecule has 1 atom stereocenters. The number of nitrogens with zero attached hydrogens (tertiary/aromatic N) is 3. The molecule has 3 fully saturated rings.